The molecule has 2 fully saturated rings. The number of carbonyl (C=O) groups is 2. The second kappa shape index (κ2) is 4.91. The van der Waals surface area contributed by atoms with Gasteiger partial charge in [-0.05, 0) is 32.6 Å². The highest BCUT2D eigenvalue weighted by Crippen LogP contribution is 2.46. The molecule has 1 aliphatic heterocycles. The zero-order valence-electron chi connectivity index (χ0n) is 11.7. The molecule has 1 saturated carbocycles. The first kappa shape index (κ1) is 15.6. The summed E-state index contributed by atoms with van der Waals surface area (Å²) in [7, 11) is -3.61. The van der Waals surface area contributed by atoms with Crippen molar-refractivity contribution in [1.82, 2.24) is 4.90 Å². The summed E-state index contributed by atoms with van der Waals surface area (Å²) in [6.07, 6.45) is 2.94. The summed E-state index contributed by atoms with van der Waals surface area (Å²) in [5.74, 6) is -1.06. The molecule has 20 heavy (non-hydrogen) atoms. The predicted molar refractivity (Wildman–Crippen MR) is 76.2 cm³/mol. The van der Waals surface area contributed by atoms with Crippen LogP contribution in [-0.2, 0) is 19.4 Å². The molecule has 2 unspecified atom stereocenters. The third-order valence-corrected chi connectivity index (χ3v) is 7.51. The number of hydrogen-bond donors (Lipinski definition) is 1. The van der Waals surface area contributed by atoms with Crippen LogP contribution in [0.4, 0.5) is 0 Å². The van der Waals surface area contributed by atoms with Crippen molar-refractivity contribution < 1.29 is 23.1 Å². The van der Waals surface area contributed by atoms with Gasteiger partial charge in [0.05, 0.1) is 5.37 Å². The monoisotopic (exact) mass is 321 g/mol. The number of carboxylic acid groups (broad SMARTS) is 1. The van der Waals surface area contributed by atoms with Crippen molar-refractivity contribution >= 4 is 33.5 Å². The van der Waals surface area contributed by atoms with E-state index in [0.29, 0.717) is 11.7 Å². The molecule has 0 aromatic carbocycles. The molecule has 1 aliphatic carbocycles. The fraction of sp³-hybridized carbons (Fsp3) is 0.833. The van der Waals surface area contributed by atoms with Crippen LogP contribution >= 0.6 is 11.8 Å². The van der Waals surface area contributed by atoms with Crippen LogP contribution in [0.1, 0.15) is 26.7 Å². The van der Waals surface area contributed by atoms with Crippen molar-refractivity contribution in [2.24, 2.45) is 5.92 Å². The first-order valence-corrected chi connectivity index (χ1v) is 9.38. The summed E-state index contributed by atoms with van der Waals surface area (Å²) in [5, 5.41) is 9.06. The SMILES string of the molecule is CC(C)(C(=O)N1C(C(=O)O)CSC1C1CC1)S(C)(=O)=O. The van der Waals surface area contributed by atoms with Crippen LogP contribution in [-0.4, -0.2) is 58.5 Å². The van der Waals surface area contributed by atoms with Gasteiger partial charge in [0.15, 0.2) is 9.84 Å². The molecule has 1 heterocycles. The maximum atomic E-state index is 12.6. The highest BCUT2D eigenvalue weighted by atomic mass is 32.2. The van der Waals surface area contributed by atoms with Crippen molar-refractivity contribution in [3.05, 3.63) is 0 Å². The molecular formula is C12H19NO5S2. The van der Waals surface area contributed by atoms with Crippen LogP contribution in [0.15, 0.2) is 0 Å². The van der Waals surface area contributed by atoms with Crippen molar-refractivity contribution in [2.75, 3.05) is 12.0 Å². The van der Waals surface area contributed by atoms with Gasteiger partial charge in [-0.15, -0.1) is 11.8 Å². The van der Waals surface area contributed by atoms with Gasteiger partial charge in [-0.3, -0.25) is 4.79 Å². The van der Waals surface area contributed by atoms with Gasteiger partial charge in [0, 0.05) is 12.0 Å². The topological polar surface area (TPSA) is 91.8 Å². The zero-order chi connectivity index (χ0) is 15.3. The van der Waals surface area contributed by atoms with Crippen molar-refractivity contribution in [2.45, 2.75) is 42.9 Å². The molecule has 2 atom stereocenters. The maximum absolute atomic E-state index is 12.6. The summed E-state index contributed by atoms with van der Waals surface area (Å²) in [6, 6.07) is -0.931. The lowest BCUT2D eigenvalue weighted by Gasteiger charge is -2.33. The van der Waals surface area contributed by atoms with Gasteiger partial charge in [0.1, 0.15) is 10.8 Å². The minimum absolute atomic E-state index is 0.204. The molecule has 8 heteroatoms. The highest BCUT2D eigenvalue weighted by Gasteiger charge is 2.53. The van der Waals surface area contributed by atoms with E-state index in [-0.39, 0.29) is 5.37 Å². The van der Waals surface area contributed by atoms with E-state index in [1.807, 2.05) is 0 Å². The van der Waals surface area contributed by atoms with E-state index in [2.05, 4.69) is 0 Å². The second-order valence-corrected chi connectivity index (χ2v) is 9.62. The minimum atomic E-state index is -3.61. The molecular weight excluding hydrogens is 302 g/mol. The summed E-state index contributed by atoms with van der Waals surface area (Å²) in [5.41, 5.74) is 0. The maximum Gasteiger partial charge on any atom is 0.327 e. The van der Waals surface area contributed by atoms with Crippen LogP contribution in [0.2, 0.25) is 0 Å². The van der Waals surface area contributed by atoms with Gasteiger partial charge >= 0.3 is 5.97 Å². The summed E-state index contributed by atoms with van der Waals surface area (Å²) < 4.78 is 22.0. The van der Waals surface area contributed by atoms with Crippen molar-refractivity contribution in [3.63, 3.8) is 0 Å². The Labute approximate surface area is 122 Å². The fourth-order valence-electron chi connectivity index (χ4n) is 2.19. The Morgan fingerprint density at radius 2 is 1.85 bits per heavy atom. The van der Waals surface area contributed by atoms with Crippen LogP contribution in [0.3, 0.4) is 0 Å². The number of nitrogens with zero attached hydrogens (tertiary/aromatic N) is 1. The predicted octanol–water partition coefficient (Wildman–Crippen LogP) is 0.574. The molecule has 1 saturated heterocycles. The largest absolute Gasteiger partial charge is 0.480 e. The lowest BCUT2D eigenvalue weighted by Crippen LogP contribution is -2.56. The quantitative estimate of drug-likeness (QED) is 0.814. The Kier molecular flexibility index (Phi) is 3.83. The number of amides is 1. The van der Waals surface area contributed by atoms with Crippen molar-refractivity contribution in [3.8, 4) is 0 Å². The van der Waals surface area contributed by atoms with Crippen molar-refractivity contribution in [1.29, 1.82) is 0 Å². The van der Waals surface area contributed by atoms with Crippen LogP contribution in [0, 0.1) is 5.92 Å². The van der Waals surface area contributed by atoms with E-state index in [4.69, 9.17) is 0 Å². The summed E-state index contributed by atoms with van der Waals surface area (Å²) >= 11 is 1.44. The molecule has 0 aromatic heterocycles. The lowest BCUT2D eigenvalue weighted by molar-refractivity contribution is -0.150. The Bertz CT molecular complexity index is 538. The van der Waals surface area contributed by atoms with E-state index in [1.54, 1.807) is 0 Å². The normalized spacial score (nSPS) is 27.6. The number of aliphatic carboxylic acids is 1. The number of carbonyl (C=O) groups excluding carboxylic acids is 1. The van der Waals surface area contributed by atoms with Gasteiger partial charge in [0.25, 0.3) is 0 Å². The van der Waals surface area contributed by atoms with Crippen LogP contribution in [0.5, 0.6) is 0 Å². The molecule has 1 N–H and O–H groups in total. The first-order chi connectivity index (χ1) is 9.07. The van der Waals surface area contributed by atoms with Crippen LogP contribution < -0.4 is 0 Å². The molecule has 6 nitrogen and oxygen atoms in total. The lowest BCUT2D eigenvalue weighted by atomic mass is 10.1. The first-order valence-electron chi connectivity index (χ1n) is 6.44. The van der Waals surface area contributed by atoms with Gasteiger partial charge in [-0.1, -0.05) is 0 Å². The third kappa shape index (κ3) is 2.55. The van der Waals surface area contributed by atoms with Gasteiger partial charge in [-0.2, -0.15) is 0 Å². The Morgan fingerprint density at radius 1 is 1.30 bits per heavy atom. The number of sulfone groups is 1. The fourth-order valence-corrected chi connectivity index (χ4v) is 4.24. The molecule has 2 aliphatic rings. The van der Waals surface area contributed by atoms with Gasteiger partial charge in [-0.25, -0.2) is 13.2 Å². The number of rotatable bonds is 4. The smallest absolute Gasteiger partial charge is 0.327 e. The molecule has 2 rings (SSSR count). The molecule has 0 radical (unpaired) electrons. The van der Waals surface area contributed by atoms with E-state index in [9.17, 15) is 23.1 Å². The Hall–Kier alpha value is -0.760. The average Bonchev–Trinajstić information content (AvgIpc) is 3.05. The van der Waals surface area contributed by atoms with Gasteiger partial charge < -0.3 is 10.0 Å². The Balaban J connectivity index is 2.34. The van der Waals surface area contributed by atoms with E-state index >= 15 is 0 Å². The molecule has 1 amide bonds. The molecule has 0 spiro atoms. The van der Waals surface area contributed by atoms with E-state index in [1.165, 1.54) is 30.5 Å². The summed E-state index contributed by atoms with van der Waals surface area (Å²) in [6.45, 7) is 2.69. The summed E-state index contributed by atoms with van der Waals surface area (Å²) in [4.78, 5) is 25.3. The zero-order valence-corrected chi connectivity index (χ0v) is 13.3. The molecule has 0 bridgehead atoms. The number of hydrogen-bond acceptors (Lipinski definition) is 5. The number of thioether (sulfide) groups is 1. The minimum Gasteiger partial charge on any atom is -0.480 e. The van der Waals surface area contributed by atoms with Gasteiger partial charge in [0.2, 0.25) is 5.91 Å². The van der Waals surface area contributed by atoms with E-state index in [0.717, 1.165) is 19.1 Å². The molecule has 0 aromatic rings. The molecule has 114 valence electrons. The van der Waals surface area contributed by atoms with Crippen LogP contribution in [0.25, 0.3) is 0 Å². The third-order valence-electron chi connectivity index (χ3n) is 4.02. The Morgan fingerprint density at radius 3 is 2.25 bits per heavy atom. The standard InChI is InChI=1S/C12H19NO5S2/c1-12(2,20(3,17)18)11(16)13-8(10(14)15)6-19-9(13)7-4-5-7/h7-9H,4-6H2,1-3H3,(H,14,15). The highest BCUT2D eigenvalue weighted by molar-refractivity contribution is 8.00. The van der Waals surface area contributed by atoms with E-state index < -0.39 is 32.5 Å². The number of carboxylic acids is 1. The average molecular weight is 321 g/mol. The second-order valence-electron chi connectivity index (χ2n) is 5.91.